The first-order chi connectivity index (χ1) is 26.3. The monoisotopic (exact) mass is 682 g/mol. The molecule has 0 saturated heterocycles. The molecule has 1 N–H and O–H groups in total. The summed E-state index contributed by atoms with van der Waals surface area (Å²) in [6.45, 7) is 0. The number of nitrogens with one attached hydrogen (secondary N) is 1. The molecule has 0 saturated carbocycles. The minimum absolute atomic E-state index is 0.839. The van der Waals surface area contributed by atoms with Crippen LogP contribution in [-0.4, -0.2) is 29.1 Å². The lowest BCUT2D eigenvalue weighted by Crippen LogP contribution is -2.16. The van der Waals surface area contributed by atoms with E-state index in [1.807, 2.05) is 30.9 Å². The van der Waals surface area contributed by atoms with Crippen LogP contribution in [0.25, 0.3) is 78.2 Å². The molecule has 6 nitrogen and oxygen atoms in total. The van der Waals surface area contributed by atoms with E-state index in [1.165, 1.54) is 94.3 Å². The minimum Gasteiger partial charge on any atom is -0.345 e. The third-order valence-corrected chi connectivity index (χ3v) is 12.0. The van der Waals surface area contributed by atoms with Crippen LogP contribution in [0.4, 0.5) is 0 Å². The number of fused-ring (bicyclic) bond motifs is 8. The van der Waals surface area contributed by atoms with Crippen LogP contribution in [0.3, 0.4) is 0 Å². The number of aromatic nitrogens is 6. The molecule has 0 amide bonds. The molecule has 0 aliphatic heterocycles. The number of hydrogen-bond acceptors (Lipinski definition) is 3. The highest BCUT2D eigenvalue weighted by molar-refractivity contribution is 6.14. The lowest BCUT2D eigenvalue weighted by molar-refractivity contribution is 0.867. The van der Waals surface area contributed by atoms with Crippen LogP contribution in [-0.2, 0) is 32.1 Å². The quantitative estimate of drug-likeness (QED) is 0.201. The van der Waals surface area contributed by atoms with Crippen molar-refractivity contribution < 1.29 is 0 Å². The van der Waals surface area contributed by atoms with Gasteiger partial charge >= 0.3 is 0 Å². The molecule has 3 aliphatic rings. The Balaban J connectivity index is 1.16. The highest BCUT2D eigenvalue weighted by atomic mass is 15.0. The first-order valence-corrected chi connectivity index (χ1v) is 18.7. The molecule has 5 aromatic carbocycles. The van der Waals surface area contributed by atoms with Gasteiger partial charge in [0.15, 0.2) is 5.82 Å². The maximum Gasteiger partial charge on any atom is 0.154 e. The van der Waals surface area contributed by atoms with E-state index in [2.05, 4.69) is 126 Å². The van der Waals surface area contributed by atoms with Crippen molar-refractivity contribution in [2.75, 3.05) is 0 Å². The van der Waals surface area contributed by atoms with Gasteiger partial charge in [0.05, 0.1) is 16.6 Å². The molecule has 12 rings (SSSR count). The first kappa shape index (κ1) is 29.1. The van der Waals surface area contributed by atoms with Gasteiger partial charge in [-0.1, -0.05) is 36.4 Å². The lowest BCUT2D eigenvalue weighted by atomic mass is 9.73. The number of para-hydroxylation sites is 2. The molecule has 0 bridgehead atoms. The summed E-state index contributed by atoms with van der Waals surface area (Å²) in [5.74, 6) is 1.74. The molecule has 0 fully saturated rings. The number of hydrogen-bond donors (Lipinski definition) is 1. The van der Waals surface area contributed by atoms with E-state index < -0.39 is 0 Å². The molecule has 3 aliphatic carbocycles. The fourth-order valence-electron chi connectivity index (χ4n) is 9.83. The zero-order valence-electron chi connectivity index (χ0n) is 29.1. The van der Waals surface area contributed by atoms with Crippen molar-refractivity contribution in [3.8, 4) is 33.9 Å². The second-order valence-corrected chi connectivity index (χ2v) is 14.7. The van der Waals surface area contributed by atoms with Crippen molar-refractivity contribution in [2.24, 2.45) is 0 Å². The van der Waals surface area contributed by atoms with E-state index in [1.54, 1.807) is 0 Å². The number of nitrogens with zero attached hydrogens (tertiary/aromatic N) is 5. The van der Waals surface area contributed by atoms with Gasteiger partial charge in [0.1, 0.15) is 5.82 Å². The highest BCUT2D eigenvalue weighted by Crippen LogP contribution is 2.52. The smallest absolute Gasteiger partial charge is 0.154 e. The number of aromatic amines is 1. The second kappa shape index (κ2) is 11.0. The Morgan fingerprint density at radius 1 is 0.547 bits per heavy atom. The fourth-order valence-corrected chi connectivity index (χ4v) is 9.83. The highest BCUT2D eigenvalue weighted by Gasteiger charge is 2.34. The largest absolute Gasteiger partial charge is 0.345 e. The first-order valence-electron chi connectivity index (χ1n) is 18.7. The van der Waals surface area contributed by atoms with Crippen molar-refractivity contribution in [1.29, 1.82) is 0 Å². The van der Waals surface area contributed by atoms with Gasteiger partial charge in [0.25, 0.3) is 0 Å². The van der Waals surface area contributed by atoms with E-state index in [0.717, 1.165) is 55.7 Å². The van der Waals surface area contributed by atoms with Crippen LogP contribution in [0.5, 0.6) is 0 Å². The number of allylic oxidation sites excluding steroid dienone is 1. The molecule has 4 aromatic heterocycles. The van der Waals surface area contributed by atoms with Crippen molar-refractivity contribution in [3.63, 3.8) is 0 Å². The normalized spacial score (nSPS) is 14.5. The summed E-state index contributed by atoms with van der Waals surface area (Å²) in [7, 11) is 0. The van der Waals surface area contributed by atoms with Crippen molar-refractivity contribution >= 4 is 44.4 Å². The van der Waals surface area contributed by atoms with Crippen LogP contribution in [0, 0.1) is 0 Å². The number of benzene rings is 5. The SMILES string of the molecule is C1=C(c2ncccn2)CCc2c1c1cc3c4c(c1n2-c1ccccc1)CCc1c-4c(cc2c4cc(-c5ncc[nH]5)ccc4n(-c4ccccc4)c12)CC3. The van der Waals surface area contributed by atoms with Crippen LogP contribution < -0.4 is 0 Å². The molecule has 4 heterocycles. The standard InChI is InChI=1S/C47H34N6/c1-3-8-32(9-4-1)52-40-18-14-30(46-48-20-7-21-49-46)26-36(40)38-24-28-12-13-29-25-39-37-27-31(47-50-22-23-51-47)15-19-41(37)53(33-10-5-2-6-11-33)45(39)35-17-16-34(44(38)52)42(28)43(29)35/h1-11,15,19-27H,12-14,16-18H2,(H,50,51). The van der Waals surface area contributed by atoms with Gasteiger partial charge in [-0.15, -0.1) is 0 Å². The molecule has 6 heteroatoms. The van der Waals surface area contributed by atoms with Gasteiger partial charge in [-0.25, -0.2) is 15.0 Å². The third kappa shape index (κ3) is 4.12. The molecule has 53 heavy (non-hydrogen) atoms. The summed E-state index contributed by atoms with van der Waals surface area (Å²) in [5, 5.41) is 3.98. The number of aryl methyl sites for hydroxylation is 4. The van der Waals surface area contributed by atoms with Crippen molar-refractivity contribution in [1.82, 2.24) is 29.1 Å². The molecular formula is C47H34N6. The summed E-state index contributed by atoms with van der Waals surface area (Å²) in [6.07, 6.45) is 15.8. The summed E-state index contributed by atoms with van der Waals surface area (Å²) >= 11 is 0. The van der Waals surface area contributed by atoms with Gasteiger partial charge in [0.2, 0.25) is 0 Å². The van der Waals surface area contributed by atoms with Gasteiger partial charge in [-0.3, -0.25) is 0 Å². The second-order valence-electron chi connectivity index (χ2n) is 14.7. The topological polar surface area (TPSA) is 64.3 Å². The molecular weight excluding hydrogens is 649 g/mol. The van der Waals surface area contributed by atoms with Crippen LogP contribution in [0.2, 0.25) is 0 Å². The van der Waals surface area contributed by atoms with Gasteiger partial charge in [-0.05, 0) is 144 Å². The van der Waals surface area contributed by atoms with E-state index in [-0.39, 0.29) is 0 Å². The molecule has 9 aromatic rings. The molecule has 0 spiro atoms. The van der Waals surface area contributed by atoms with Gasteiger partial charge < -0.3 is 14.1 Å². The Labute approximate surface area is 306 Å². The van der Waals surface area contributed by atoms with E-state index in [4.69, 9.17) is 0 Å². The molecule has 0 unspecified atom stereocenters. The predicted molar refractivity (Wildman–Crippen MR) is 214 cm³/mol. The Kier molecular flexibility index (Phi) is 6.03. The van der Waals surface area contributed by atoms with E-state index >= 15 is 0 Å². The van der Waals surface area contributed by atoms with Crippen molar-refractivity contribution in [2.45, 2.75) is 38.5 Å². The number of imidazole rings is 1. The number of rotatable bonds is 4. The van der Waals surface area contributed by atoms with E-state index in [0.29, 0.717) is 0 Å². The molecule has 0 radical (unpaired) electrons. The summed E-state index contributed by atoms with van der Waals surface area (Å²) in [6, 6.07) is 35.7. The molecule has 252 valence electrons. The summed E-state index contributed by atoms with van der Waals surface area (Å²) < 4.78 is 5.11. The van der Waals surface area contributed by atoms with Crippen LogP contribution in [0.1, 0.15) is 45.8 Å². The zero-order valence-corrected chi connectivity index (χ0v) is 29.1. The summed E-state index contributed by atoms with van der Waals surface area (Å²) in [5.41, 5.74) is 20.3. The Bertz CT molecular complexity index is 2970. The Hall–Kier alpha value is -6.53. The minimum atomic E-state index is 0.839. The van der Waals surface area contributed by atoms with E-state index in [9.17, 15) is 0 Å². The molecule has 0 atom stereocenters. The third-order valence-electron chi connectivity index (χ3n) is 12.0. The maximum atomic E-state index is 4.65. The average Bonchev–Trinajstić information content (AvgIpc) is 3.96. The lowest BCUT2D eigenvalue weighted by Gasteiger charge is -2.31. The zero-order chi connectivity index (χ0) is 34.6. The van der Waals surface area contributed by atoms with Crippen LogP contribution in [0.15, 0.2) is 122 Å². The Morgan fingerprint density at radius 3 is 1.92 bits per heavy atom. The number of H-pyrrole nitrogens is 1. The maximum absolute atomic E-state index is 4.65. The summed E-state index contributed by atoms with van der Waals surface area (Å²) in [4.78, 5) is 17.2. The van der Waals surface area contributed by atoms with Crippen LogP contribution >= 0.6 is 0 Å². The Morgan fingerprint density at radius 2 is 1.23 bits per heavy atom. The van der Waals surface area contributed by atoms with Gasteiger partial charge in [-0.2, -0.15) is 0 Å². The van der Waals surface area contributed by atoms with Crippen molar-refractivity contribution in [3.05, 3.63) is 161 Å². The van der Waals surface area contributed by atoms with Gasteiger partial charge in [0, 0.05) is 69.1 Å². The fraction of sp³-hybridized carbons (Fsp3) is 0.128. The average molecular weight is 683 g/mol. The predicted octanol–water partition coefficient (Wildman–Crippen LogP) is 10.3.